The summed E-state index contributed by atoms with van der Waals surface area (Å²) >= 11 is 0. The average Bonchev–Trinajstić information content (AvgIpc) is 2.57. The maximum atomic E-state index is 12.8. The number of nitrogens with zero attached hydrogens (tertiary/aromatic N) is 2. The number of phenols is 1. The highest BCUT2D eigenvalue weighted by atomic mass is 16.5. The Balaban J connectivity index is 2.06. The van der Waals surface area contributed by atoms with Gasteiger partial charge in [-0.2, -0.15) is 0 Å². The first-order chi connectivity index (χ1) is 11.4. The van der Waals surface area contributed by atoms with Crippen LogP contribution in [0.25, 0.3) is 0 Å². The molecule has 1 unspecified atom stereocenters. The van der Waals surface area contributed by atoms with Crippen molar-refractivity contribution in [3.63, 3.8) is 0 Å². The number of ether oxygens (including phenoxy) is 1. The number of rotatable bonds is 4. The van der Waals surface area contributed by atoms with Crippen molar-refractivity contribution in [1.82, 2.24) is 9.80 Å². The van der Waals surface area contributed by atoms with Crippen LogP contribution in [0, 0.1) is 6.92 Å². The number of benzene rings is 1. The minimum absolute atomic E-state index is 0.187. The number of amides is 2. The molecule has 6 heteroatoms. The molecule has 0 aromatic heterocycles. The second-order valence-electron chi connectivity index (χ2n) is 6.22. The van der Waals surface area contributed by atoms with Crippen molar-refractivity contribution >= 4 is 12.0 Å². The molecule has 1 aliphatic heterocycles. The Labute approximate surface area is 143 Å². The van der Waals surface area contributed by atoms with E-state index in [1.165, 1.54) is 0 Å². The third kappa shape index (κ3) is 4.19. The predicted octanol–water partition coefficient (Wildman–Crippen LogP) is 2.67. The zero-order valence-electron chi connectivity index (χ0n) is 14.6. The van der Waals surface area contributed by atoms with Crippen molar-refractivity contribution < 1.29 is 19.4 Å². The molecule has 2 amide bonds. The number of aromatic hydroxyl groups is 1. The Morgan fingerprint density at radius 3 is 2.79 bits per heavy atom. The van der Waals surface area contributed by atoms with E-state index in [0.717, 1.165) is 24.0 Å². The number of hydrogen-bond donors (Lipinski definition) is 1. The number of piperidine rings is 1. The predicted molar refractivity (Wildman–Crippen MR) is 90.7 cm³/mol. The third-order valence-corrected chi connectivity index (χ3v) is 4.33. The topological polar surface area (TPSA) is 70.1 Å². The molecular weight excluding hydrogens is 308 g/mol. The van der Waals surface area contributed by atoms with Crippen LogP contribution in [0.1, 0.15) is 37.3 Å². The first-order valence-electron chi connectivity index (χ1n) is 8.41. The summed E-state index contributed by atoms with van der Waals surface area (Å²) in [7, 11) is 1.70. The van der Waals surface area contributed by atoms with Crippen LogP contribution >= 0.6 is 0 Å². The maximum Gasteiger partial charge on any atom is 0.328 e. The zero-order valence-corrected chi connectivity index (χ0v) is 14.6. The van der Waals surface area contributed by atoms with Gasteiger partial charge in [0.15, 0.2) is 0 Å². The van der Waals surface area contributed by atoms with Crippen molar-refractivity contribution in [2.75, 3.05) is 20.2 Å². The fourth-order valence-corrected chi connectivity index (χ4v) is 2.96. The average molecular weight is 334 g/mol. The molecule has 1 heterocycles. The molecule has 132 valence electrons. The zero-order chi connectivity index (χ0) is 17.7. The number of aryl methyl sites for hydroxylation is 1. The molecule has 24 heavy (non-hydrogen) atoms. The summed E-state index contributed by atoms with van der Waals surface area (Å²) < 4.78 is 5.10. The fraction of sp³-hybridized carbons (Fsp3) is 0.556. The van der Waals surface area contributed by atoms with Gasteiger partial charge in [-0.1, -0.05) is 12.1 Å². The number of phenolic OH excluding ortho intramolecular Hbond substituents is 1. The molecule has 0 aliphatic carbocycles. The van der Waals surface area contributed by atoms with Gasteiger partial charge < -0.3 is 19.6 Å². The Kier molecular flexibility index (Phi) is 6.06. The molecule has 1 fully saturated rings. The lowest BCUT2D eigenvalue weighted by Gasteiger charge is -2.36. The van der Waals surface area contributed by atoms with Crippen LogP contribution in [0.2, 0.25) is 0 Å². The summed E-state index contributed by atoms with van der Waals surface area (Å²) in [5.41, 5.74) is 1.64. The van der Waals surface area contributed by atoms with Crippen LogP contribution in [0.5, 0.6) is 5.75 Å². The second-order valence-corrected chi connectivity index (χ2v) is 6.22. The van der Waals surface area contributed by atoms with E-state index in [1.807, 2.05) is 19.1 Å². The molecular formula is C18H26N2O4. The van der Waals surface area contributed by atoms with Gasteiger partial charge in [0, 0.05) is 20.1 Å². The van der Waals surface area contributed by atoms with Crippen LogP contribution in [0.3, 0.4) is 0 Å². The number of hydrogen-bond acceptors (Lipinski definition) is 4. The SMILES string of the molecule is CCOC(=O)C1CCCCN1C(=O)N(C)Cc1ccc(C)c(O)c1. The van der Waals surface area contributed by atoms with Gasteiger partial charge in [-0.05, 0) is 50.3 Å². The highest BCUT2D eigenvalue weighted by molar-refractivity contribution is 5.83. The first-order valence-corrected chi connectivity index (χ1v) is 8.41. The van der Waals surface area contributed by atoms with Gasteiger partial charge in [0.2, 0.25) is 0 Å². The number of carbonyl (C=O) groups excluding carboxylic acids is 2. The van der Waals surface area contributed by atoms with Crippen molar-refractivity contribution in [2.24, 2.45) is 0 Å². The van der Waals surface area contributed by atoms with Crippen molar-refractivity contribution in [1.29, 1.82) is 0 Å². The van der Waals surface area contributed by atoms with Crippen LogP contribution < -0.4 is 0 Å². The summed E-state index contributed by atoms with van der Waals surface area (Å²) in [5, 5.41) is 9.80. The number of carbonyl (C=O) groups is 2. The van der Waals surface area contributed by atoms with Crippen LogP contribution in [-0.4, -0.2) is 53.1 Å². The van der Waals surface area contributed by atoms with Crippen molar-refractivity contribution in [2.45, 2.75) is 45.7 Å². The van der Waals surface area contributed by atoms with Gasteiger partial charge in [0.25, 0.3) is 0 Å². The summed E-state index contributed by atoms with van der Waals surface area (Å²) in [4.78, 5) is 28.0. The van der Waals surface area contributed by atoms with E-state index >= 15 is 0 Å². The van der Waals surface area contributed by atoms with E-state index in [-0.39, 0.29) is 17.7 Å². The molecule has 0 bridgehead atoms. The standard InChI is InChI=1S/C18H26N2O4/c1-4-24-17(22)15-7-5-6-10-20(15)18(23)19(3)12-14-9-8-13(2)16(21)11-14/h8-9,11,15,21H,4-7,10,12H2,1-3H3. The Bertz CT molecular complexity index is 603. The largest absolute Gasteiger partial charge is 0.508 e. The molecule has 1 N–H and O–H groups in total. The highest BCUT2D eigenvalue weighted by Gasteiger charge is 2.34. The first kappa shape index (κ1) is 18.1. The summed E-state index contributed by atoms with van der Waals surface area (Å²) in [6.45, 7) is 4.84. The van der Waals surface area contributed by atoms with Crippen LogP contribution in [0.4, 0.5) is 4.79 Å². The highest BCUT2D eigenvalue weighted by Crippen LogP contribution is 2.22. The molecule has 1 aromatic carbocycles. The lowest BCUT2D eigenvalue weighted by atomic mass is 10.0. The number of esters is 1. The van der Waals surface area contributed by atoms with E-state index in [0.29, 0.717) is 26.1 Å². The minimum Gasteiger partial charge on any atom is -0.508 e. The molecule has 0 spiro atoms. The van der Waals surface area contributed by atoms with Gasteiger partial charge in [-0.3, -0.25) is 0 Å². The van der Waals surface area contributed by atoms with Gasteiger partial charge in [-0.15, -0.1) is 0 Å². The molecule has 1 saturated heterocycles. The van der Waals surface area contributed by atoms with Gasteiger partial charge in [-0.25, -0.2) is 9.59 Å². The van der Waals surface area contributed by atoms with E-state index in [2.05, 4.69) is 0 Å². The number of urea groups is 1. The van der Waals surface area contributed by atoms with Crippen LogP contribution in [0.15, 0.2) is 18.2 Å². The number of likely N-dealkylation sites (tertiary alicyclic amines) is 1. The van der Waals surface area contributed by atoms with Crippen molar-refractivity contribution in [3.8, 4) is 5.75 Å². The summed E-state index contributed by atoms with van der Waals surface area (Å²) in [5.74, 6) is -0.109. The summed E-state index contributed by atoms with van der Waals surface area (Å²) in [6, 6.07) is 4.69. The Morgan fingerprint density at radius 1 is 1.38 bits per heavy atom. The smallest absolute Gasteiger partial charge is 0.328 e. The molecule has 1 aliphatic rings. The van der Waals surface area contributed by atoms with Gasteiger partial charge in [0.05, 0.1) is 6.61 Å². The lowest BCUT2D eigenvalue weighted by molar-refractivity contribution is -0.149. The molecule has 0 radical (unpaired) electrons. The maximum absolute atomic E-state index is 12.8. The molecule has 0 saturated carbocycles. The van der Waals surface area contributed by atoms with Gasteiger partial charge in [0.1, 0.15) is 11.8 Å². The minimum atomic E-state index is -0.500. The van der Waals surface area contributed by atoms with E-state index in [4.69, 9.17) is 4.74 Å². The Hall–Kier alpha value is -2.24. The van der Waals surface area contributed by atoms with E-state index in [9.17, 15) is 14.7 Å². The lowest BCUT2D eigenvalue weighted by Crippen LogP contribution is -2.52. The summed E-state index contributed by atoms with van der Waals surface area (Å²) in [6.07, 6.45) is 2.45. The quantitative estimate of drug-likeness (QED) is 0.860. The second kappa shape index (κ2) is 8.04. The Morgan fingerprint density at radius 2 is 2.12 bits per heavy atom. The van der Waals surface area contributed by atoms with E-state index in [1.54, 1.807) is 29.8 Å². The fourth-order valence-electron chi connectivity index (χ4n) is 2.96. The molecule has 1 atom stereocenters. The third-order valence-electron chi connectivity index (χ3n) is 4.33. The van der Waals surface area contributed by atoms with Crippen molar-refractivity contribution in [3.05, 3.63) is 29.3 Å². The molecule has 2 rings (SSSR count). The van der Waals surface area contributed by atoms with Crippen LogP contribution in [-0.2, 0) is 16.1 Å². The normalized spacial score (nSPS) is 17.5. The van der Waals surface area contributed by atoms with E-state index < -0.39 is 6.04 Å². The molecule has 6 nitrogen and oxygen atoms in total. The molecule has 1 aromatic rings. The van der Waals surface area contributed by atoms with Gasteiger partial charge >= 0.3 is 12.0 Å². The monoisotopic (exact) mass is 334 g/mol.